The van der Waals surface area contributed by atoms with Gasteiger partial charge in [-0.25, -0.2) is 0 Å². The van der Waals surface area contributed by atoms with Crippen LogP contribution in [0.15, 0.2) is 0 Å². The van der Waals surface area contributed by atoms with E-state index in [1.807, 2.05) is 0 Å². The molecule has 0 bridgehead atoms. The molecule has 0 heterocycles. The fourth-order valence-electron chi connectivity index (χ4n) is 1.40. The Bertz CT molecular complexity index is 214. The van der Waals surface area contributed by atoms with Gasteiger partial charge in [-0.3, -0.25) is 0 Å². The van der Waals surface area contributed by atoms with E-state index in [4.69, 9.17) is 23.2 Å². The van der Waals surface area contributed by atoms with Crippen molar-refractivity contribution in [2.75, 3.05) is 32.6 Å². The summed E-state index contributed by atoms with van der Waals surface area (Å²) in [6, 6.07) is 0. The highest BCUT2D eigenvalue weighted by molar-refractivity contribution is 6.21. The minimum Gasteiger partial charge on any atom is -0.389 e. The molecule has 0 aromatic rings. The van der Waals surface area contributed by atoms with Gasteiger partial charge in [0.05, 0.1) is 11.5 Å². The van der Waals surface area contributed by atoms with Crippen LogP contribution in [0.5, 0.6) is 0 Å². The number of aliphatic hydroxyl groups excluding tert-OH is 4. The van der Waals surface area contributed by atoms with E-state index < -0.39 is 29.8 Å². The molecule has 0 fully saturated rings. The Morgan fingerprint density at radius 2 is 1.61 bits per heavy atom. The van der Waals surface area contributed by atoms with Gasteiger partial charge in [-0.2, -0.15) is 0 Å². The zero-order valence-electron chi connectivity index (χ0n) is 10.3. The number of alkyl halides is 2. The standard InChI is InChI=1S/C10H22Cl2N2O4/c1-13-4-6(12)8(16)10(18)9(17)7(15)5-14-3-2-11/h6-10,13-18H,2-5H2,1H3. The van der Waals surface area contributed by atoms with Crippen LogP contribution >= 0.6 is 23.2 Å². The number of halogens is 2. The van der Waals surface area contributed by atoms with E-state index >= 15 is 0 Å². The van der Waals surface area contributed by atoms with Gasteiger partial charge in [0.25, 0.3) is 0 Å². The summed E-state index contributed by atoms with van der Waals surface area (Å²) in [4.78, 5) is 0. The lowest BCUT2D eigenvalue weighted by Crippen LogP contribution is -2.51. The molecule has 0 rings (SSSR count). The van der Waals surface area contributed by atoms with Crippen LogP contribution in [0.1, 0.15) is 0 Å². The van der Waals surface area contributed by atoms with Crippen molar-refractivity contribution < 1.29 is 20.4 Å². The zero-order chi connectivity index (χ0) is 14.1. The van der Waals surface area contributed by atoms with Gasteiger partial charge in [-0.1, -0.05) is 0 Å². The predicted molar refractivity (Wildman–Crippen MR) is 71.2 cm³/mol. The lowest BCUT2D eigenvalue weighted by Gasteiger charge is -2.28. The molecule has 0 aliphatic carbocycles. The Morgan fingerprint density at radius 3 is 2.11 bits per heavy atom. The summed E-state index contributed by atoms with van der Waals surface area (Å²) in [6.45, 7) is 0.811. The molecule has 6 nitrogen and oxygen atoms in total. The maximum Gasteiger partial charge on any atom is 0.110 e. The maximum absolute atomic E-state index is 9.68. The van der Waals surface area contributed by atoms with E-state index in [2.05, 4.69) is 10.6 Å². The molecule has 0 aliphatic rings. The van der Waals surface area contributed by atoms with E-state index in [1.165, 1.54) is 0 Å². The summed E-state index contributed by atoms with van der Waals surface area (Å²) in [5, 5.41) is 43.4. The number of nitrogens with one attached hydrogen (secondary N) is 2. The Balaban J connectivity index is 4.17. The van der Waals surface area contributed by atoms with Crippen molar-refractivity contribution >= 4 is 23.2 Å². The smallest absolute Gasteiger partial charge is 0.110 e. The number of rotatable bonds is 10. The third-order valence-electron chi connectivity index (χ3n) is 2.49. The Kier molecular flexibility index (Phi) is 10.4. The molecule has 0 aromatic heterocycles. The summed E-state index contributed by atoms with van der Waals surface area (Å²) in [5.41, 5.74) is 0. The maximum atomic E-state index is 9.68. The fourth-order valence-corrected chi connectivity index (χ4v) is 1.83. The molecule has 0 radical (unpaired) electrons. The SMILES string of the molecule is CNCC(Cl)C(O)C(O)C(O)C(O)CNCCCl. The van der Waals surface area contributed by atoms with Crippen molar-refractivity contribution in [3.05, 3.63) is 0 Å². The molecule has 0 aromatic carbocycles. The molecule has 0 saturated heterocycles. The van der Waals surface area contributed by atoms with E-state index in [1.54, 1.807) is 7.05 Å². The Hall–Kier alpha value is 0.340. The van der Waals surface area contributed by atoms with Crippen LogP contribution in [0, 0.1) is 0 Å². The zero-order valence-corrected chi connectivity index (χ0v) is 11.8. The second-order valence-electron chi connectivity index (χ2n) is 4.01. The fraction of sp³-hybridized carbons (Fsp3) is 1.00. The first-order valence-corrected chi connectivity index (χ1v) is 6.70. The number of aliphatic hydroxyl groups is 4. The average molecular weight is 305 g/mol. The van der Waals surface area contributed by atoms with Gasteiger partial charge >= 0.3 is 0 Å². The van der Waals surface area contributed by atoms with Crippen molar-refractivity contribution in [1.82, 2.24) is 10.6 Å². The third-order valence-corrected chi connectivity index (χ3v) is 3.09. The summed E-state index contributed by atoms with van der Waals surface area (Å²) in [5.74, 6) is 0.375. The van der Waals surface area contributed by atoms with Crippen LogP contribution in [0.3, 0.4) is 0 Å². The van der Waals surface area contributed by atoms with Crippen LogP contribution in [0.2, 0.25) is 0 Å². The summed E-state index contributed by atoms with van der Waals surface area (Å²) in [7, 11) is 1.65. The summed E-state index contributed by atoms with van der Waals surface area (Å²) < 4.78 is 0. The monoisotopic (exact) mass is 304 g/mol. The van der Waals surface area contributed by atoms with Crippen molar-refractivity contribution in [1.29, 1.82) is 0 Å². The lowest BCUT2D eigenvalue weighted by atomic mass is 10.0. The number of hydrogen-bond acceptors (Lipinski definition) is 6. The van der Waals surface area contributed by atoms with E-state index in [-0.39, 0.29) is 13.1 Å². The molecule has 5 unspecified atom stereocenters. The summed E-state index contributed by atoms with van der Waals surface area (Å²) in [6.07, 6.45) is -5.55. The van der Waals surface area contributed by atoms with Gasteiger partial charge in [0, 0.05) is 25.5 Å². The molecule has 0 amide bonds. The molecular formula is C10H22Cl2N2O4. The molecule has 0 aliphatic heterocycles. The minimum absolute atomic E-state index is 0.0661. The van der Waals surface area contributed by atoms with Crippen LogP contribution in [0.4, 0.5) is 0 Å². The van der Waals surface area contributed by atoms with Crippen molar-refractivity contribution in [3.63, 3.8) is 0 Å². The van der Waals surface area contributed by atoms with Crippen molar-refractivity contribution in [3.8, 4) is 0 Å². The molecule has 18 heavy (non-hydrogen) atoms. The van der Waals surface area contributed by atoms with Gasteiger partial charge < -0.3 is 31.1 Å². The second kappa shape index (κ2) is 10.2. The third kappa shape index (κ3) is 6.49. The van der Waals surface area contributed by atoms with Crippen molar-refractivity contribution in [2.45, 2.75) is 29.8 Å². The van der Waals surface area contributed by atoms with E-state index in [9.17, 15) is 20.4 Å². The molecule has 0 spiro atoms. The first kappa shape index (κ1) is 18.3. The highest BCUT2D eigenvalue weighted by Gasteiger charge is 2.33. The van der Waals surface area contributed by atoms with Gasteiger partial charge in [0.15, 0.2) is 0 Å². The van der Waals surface area contributed by atoms with Gasteiger partial charge in [0.1, 0.15) is 18.3 Å². The van der Waals surface area contributed by atoms with Crippen LogP contribution in [-0.4, -0.2) is 82.8 Å². The van der Waals surface area contributed by atoms with Crippen LogP contribution in [-0.2, 0) is 0 Å². The Morgan fingerprint density at radius 1 is 1.00 bits per heavy atom. The quantitative estimate of drug-likeness (QED) is 0.208. The van der Waals surface area contributed by atoms with Crippen LogP contribution in [0.25, 0.3) is 0 Å². The van der Waals surface area contributed by atoms with Gasteiger partial charge in [-0.05, 0) is 7.05 Å². The lowest BCUT2D eigenvalue weighted by molar-refractivity contribution is -0.103. The van der Waals surface area contributed by atoms with Crippen molar-refractivity contribution in [2.24, 2.45) is 0 Å². The predicted octanol–water partition coefficient (Wildman–Crippen LogP) is -1.91. The Labute approximate surface area is 117 Å². The highest BCUT2D eigenvalue weighted by atomic mass is 35.5. The molecule has 5 atom stereocenters. The molecular weight excluding hydrogens is 283 g/mol. The topological polar surface area (TPSA) is 105 Å². The summed E-state index contributed by atoms with van der Waals surface area (Å²) >= 11 is 11.2. The molecule has 110 valence electrons. The first-order valence-electron chi connectivity index (χ1n) is 5.73. The van der Waals surface area contributed by atoms with Gasteiger partial charge in [-0.15, -0.1) is 23.2 Å². The van der Waals surface area contributed by atoms with E-state index in [0.717, 1.165) is 0 Å². The number of hydrogen-bond donors (Lipinski definition) is 6. The van der Waals surface area contributed by atoms with Gasteiger partial charge in [0.2, 0.25) is 0 Å². The highest BCUT2D eigenvalue weighted by Crippen LogP contribution is 2.12. The van der Waals surface area contributed by atoms with Crippen LogP contribution < -0.4 is 10.6 Å². The average Bonchev–Trinajstić information content (AvgIpc) is 2.36. The largest absolute Gasteiger partial charge is 0.389 e. The molecule has 8 heteroatoms. The normalized spacial score (nSPS) is 20.2. The first-order chi connectivity index (χ1) is 8.45. The second-order valence-corrected chi connectivity index (χ2v) is 4.94. The van der Waals surface area contributed by atoms with E-state index in [0.29, 0.717) is 12.4 Å². The minimum atomic E-state index is -1.52. The molecule has 6 N–H and O–H groups in total. The molecule has 0 saturated carbocycles.